The highest BCUT2D eigenvalue weighted by Gasteiger charge is 2.66. The van der Waals surface area contributed by atoms with E-state index < -0.39 is 17.5 Å². The first-order chi connectivity index (χ1) is 8.79. The number of aliphatic hydroxyl groups is 3. The van der Waals surface area contributed by atoms with Crippen LogP contribution >= 0.6 is 0 Å². The van der Waals surface area contributed by atoms with E-state index in [9.17, 15) is 15.3 Å². The monoisotopic (exact) mass is 266 g/mol. The van der Waals surface area contributed by atoms with Crippen molar-refractivity contribution in [1.29, 1.82) is 0 Å². The molecule has 1 heterocycles. The van der Waals surface area contributed by atoms with Gasteiger partial charge < -0.3 is 20.1 Å². The highest BCUT2D eigenvalue weighted by Crippen LogP contribution is 2.57. The van der Waals surface area contributed by atoms with Crippen molar-refractivity contribution in [3.63, 3.8) is 0 Å². The molecule has 3 aliphatic rings. The van der Waals surface area contributed by atoms with Crippen LogP contribution in [0.2, 0.25) is 0 Å². The van der Waals surface area contributed by atoms with Gasteiger partial charge in [-0.2, -0.15) is 0 Å². The second-order valence-corrected chi connectivity index (χ2v) is 6.48. The molecular weight excluding hydrogens is 244 g/mol. The van der Waals surface area contributed by atoms with Gasteiger partial charge in [-0.25, -0.2) is 0 Å². The molecule has 6 atom stereocenters. The number of ether oxygens (including phenoxy) is 1. The Hall–Kier alpha value is -0.680. The zero-order valence-corrected chi connectivity index (χ0v) is 11.5. The van der Waals surface area contributed by atoms with Gasteiger partial charge in [0.15, 0.2) is 5.79 Å². The Morgan fingerprint density at radius 3 is 2.79 bits per heavy atom. The van der Waals surface area contributed by atoms with E-state index in [4.69, 9.17) is 4.74 Å². The number of rotatable bonds is 0. The largest absolute Gasteiger partial charge is 0.389 e. The van der Waals surface area contributed by atoms with Gasteiger partial charge in [-0.05, 0) is 36.3 Å². The molecular formula is C15H22O4. The van der Waals surface area contributed by atoms with Crippen LogP contribution in [-0.2, 0) is 4.74 Å². The van der Waals surface area contributed by atoms with Crippen LogP contribution in [0.4, 0.5) is 0 Å². The molecule has 0 aromatic rings. The van der Waals surface area contributed by atoms with Gasteiger partial charge in [0.2, 0.25) is 0 Å². The predicted octanol–water partition coefficient (Wildman–Crippen LogP) is 0.976. The second-order valence-electron chi connectivity index (χ2n) is 6.48. The van der Waals surface area contributed by atoms with Crippen LogP contribution in [0.3, 0.4) is 0 Å². The fraction of sp³-hybridized carbons (Fsp3) is 0.733. The van der Waals surface area contributed by atoms with Crippen molar-refractivity contribution >= 4 is 0 Å². The topological polar surface area (TPSA) is 69.9 Å². The number of aliphatic hydroxyl groups excluding tert-OH is 1. The Kier molecular flexibility index (Phi) is 2.74. The average molecular weight is 266 g/mol. The van der Waals surface area contributed by atoms with E-state index in [0.29, 0.717) is 18.4 Å². The molecule has 4 heteroatoms. The lowest BCUT2D eigenvalue weighted by Crippen LogP contribution is -2.64. The van der Waals surface area contributed by atoms with E-state index in [1.807, 2.05) is 19.9 Å². The standard InChI is InChI=1S/C15H22O4/c1-8-4-12-11(5-13(8)16)9(2)6-14(17)15(12,18)10(3)7-19-14/h4,9,11-13,16-18H,3,5-7H2,1-2H3/t9-,11+,12-,13+,14+,15+/m1/s1. The number of hydrogen-bond acceptors (Lipinski definition) is 4. The molecule has 0 aromatic heterocycles. The predicted molar refractivity (Wildman–Crippen MR) is 70.1 cm³/mol. The maximum atomic E-state index is 11.1. The first-order valence-electron chi connectivity index (χ1n) is 6.93. The number of fused-ring (bicyclic) bond motifs is 3. The molecule has 3 N–H and O–H groups in total. The summed E-state index contributed by atoms with van der Waals surface area (Å²) in [6.07, 6.45) is 2.46. The minimum Gasteiger partial charge on any atom is -0.389 e. The molecule has 106 valence electrons. The lowest BCUT2D eigenvalue weighted by atomic mass is 9.57. The average Bonchev–Trinajstić information content (AvgIpc) is 2.57. The van der Waals surface area contributed by atoms with Gasteiger partial charge in [-0.15, -0.1) is 0 Å². The summed E-state index contributed by atoms with van der Waals surface area (Å²) in [5.74, 6) is -1.45. The Balaban J connectivity index is 2.11. The molecule has 0 radical (unpaired) electrons. The molecule has 0 unspecified atom stereocenters. The fourth-order valence-electron chi connectivity index (χ4n) is 4.13. The Labute approximate surface area is 113 Å². The third kappa shape index (κ3) is 1.54. The Morgan fingerprint density at radius 1 is 1.42 bits per heavy atom. The van der Waals surface area contributed by atoms with Crippen molar-refractivity contribution in [2.45, 2.75) is 44.2 Å². The summed E-state index contributed by atoms with van der Waals surface area (Å²) in [5.41, 5.74) is -0.0332. The summed E-state index contributed by atoms with van der Waals surface area (Å²) < 4.78 is 5.46. The molecule has 1 saturated carbocycles. The fourth-order valence-corrected chi connectivity index (χ4v) is 4.13. The summed E-state index contributed by atoms with van der Waals surface area (Å²) >= 11 is 0. The maximum absolute atomic E-state index is 11.1. The van der Waals surface area contributed by atoms with Crippen molar-refractivity contribution < 1.29 is 20.1 Å². The molecule has 2 fully saturated rings. The number of hydrogen-bond donors (Lipinski definition) is 3. The third-order valence-electron chi connectivity index (χ3n) is 5.36. The highest BCUT2D eigenvalue weighted by molar-refractivity contribution is 5.33. The van der Waals surface area contributed by atoms with Crippen molar-refractivity contribution in [1.82, 2.24) is 0 Å². The molecule has 0 amide bonds. The van der Waals surface area contributed by atoms with Gasteiger partial charge in [-0.1, -0.05) is 19.6 Å². The van der Waals surface area contributed by atoms with Crippen molar-refractivity contribution in [3.05, 3.63) is 23.8 Å². The third-order valence-corrected chi connectivity index (χ3v) is 5.36. The minimum atomic E-state index is -1.54. The van der Waals surface area contributed by atoms with E-state index in [1.54, 1.807) is 0 Å². The van der Waals surface area contributed by atoms with Crippen LogP contribution < -0.4 is 0 Å². The lowest BCUT2D eigenvalue weighted by molar-refractivity contribution is -0.294. The van der Waals surface area contributed by atoms with E-state index in [2.05, 4.69) is 6.58 Å². The molecule has 0 spiro atoms. The van der Waals surface area contributed by atoms with Gasteiger partial charge in [0, 0.05) is 12.3 Å². The molecule has 0 aromatic carbocycles. The molecule has 19 heavy (non-hydrogen) atoms. The quantitative estimate of drug-likeness (QED) is 0.572. The zero-order valence-electron chi connectivity index (χ0n) is 11.5. The van der Waals surface area contributed by atoms with Crippen molar-refractivity contribution in [2.24, 2.45) is 17.8 Å². The van der Waals surface area contributed by atoms with Crippen LogP contribution in [0.25, 0.3) is 0 Å². The minimum absolute atomic E-state index is 0.141. The highest BCUT2D eigenvalue weighted by atomic mass is 16.6. The van der Waals surface area contributed by atoms with Gasteiger partial charge in [-0.3, -0.25) is 0 Å². The summed E-state index contributed by atoms with van der Waals surface area (Å²) in [6, 6.07) is 0. The van der Waals surface area contributed by atoms with E-state index in [0.717, 1.165) is 5.57 Å². The van der Waals surface area contributed by atoms with Gasteiger partial charge in [0.1, 0.15) is 5.60 Å². The van der Waals surface area contributed by atoms with E-state index >= 15 is 0 Å². The molecule has 3 rings (SSSR count). The maximum Gasteiger partial charge on any atom is 0.200 e. The molecule has 2 aliphatic carbocycles. The molecule has 1 saturated heterocycles. The van der Waals surface area contributed by atoms with Crippen LogP contribution in [0, 0.1) is 17.8 Å². The van der Waals surface area contributed by atoms with Gasteiger partial charge in [0.05, 0.1) is 12.7 Å². The zero-order chi connectivity index (χ0) is 14.0. The smallest absolute Gasteiger partial charge is 0.200 e. The van der Waals surface area contributed by atoms with E-state index in [-0.39, 0.29) is 24.4 Å². The van der Waals surface area contributed by atoms with Crippen LogP contribution in [-0.4, -0.2) is 39.4 Å². The molecule has 1 aliphatic heterocycles. The van der Waals surface area contributed by atoms with Crippen LogP contribution in [0.15, 0.2) is 23.8 Å². The summed E-state index contributed by atoms with van der Waals surface area (Å²) in [6.45, 7) is 7.99. The summed E-state index contributed by atoms with van der Waals surface area (Å²) in [7, 11) is 0. The molecule has 0 bridgehead atoms. The van der Waals surface area contributed by atoms with Crippen LogP contribution in [0.1, 0.15) is 26.7 Å². The first-order valence-corrected chi connectivity index (χ1v) is 6.93. The Bertz CT molecular complexity index is 457. The summed E-state index contributed by atoms with van der Waals surface area (Å²) in [4.78, 5) is 0. The summed E-state index contributed by atoms with van der Waals surface area (Å²) in [5, 5.41) is 31.8. The van der Waals surface area contributed by atoms with Gasteiger partial charge in [0.25, 0.3) is 0 Å². The first kappa shape index (κ1) is 13.3. The van der Waals surface area contributed by atoms with E-state index in [1.165, 1.54) is 0 Å². The Morgan fingerprint density at radius 2 is 2.11 bits per heavy atom. The van der Waals surface area contributed by atoms with Crippen molar-refractivity contribution in [3.8, 4) is 0 Å². The van der Waals surface area contributed by atoms with Crippen molar-refractivity contribution in [2.75, 3.05) is 6.61 Å². The van der Waals surface area contributed by atoms with Gasteiger partial charge >= 0.3 is 0 Å². The SMILES string of the molecule is C=C1CO[C@@]2(O)C[C@@H](C)[C@@H]3C[C@H](O)C(C)=C[C@H]3[C@@]12O. The molecule has 4 nitrogen and oxygen atoms in total. The van der Waals surface area contributed by atoms with Crippen LogP contribution in [0.5, 0.6) is 0 Å². The normalized spacial score (nSPS) is 53.5. The lowest BCUT2D eigenvalue weighted by Gasteiger charge is -2.53. The second kappa shape index (κ2) is 3.92.